The van der Waals surface area contributed by atoms with E-state index in [4.69, 9.17) is 11.6 Å². The molecule has 0 spiro atoms. The van der Waals surface area contributed by atoms with Crippen LogP contribution in [0.15, 0.2) is 23.1 Å². The Labute approximate surface area is 94.6 Å². The third-order valence-corrected chi connectivity index (χ3v) is 3.46. The average molecular weight is 249 g/mol. The molecule has 0 fully saturated rings. The number of hydrogen-bond donors (Lipinski definition) is 1. The van der Waals surface area contributed by atoms with E-state index in [1.807, 2.05) is 0 Å². The van der Waals surface area contributed by atoms with Crippen LogP contribution in [0, 0.1) is 0 Å². The van der Waals surface area contributed by atoms with Crippen LogP contribution in [0.25, 0.3) is 0 Å². The van der Waals surface area contributed by atoms with E-state index in [1.54, 1.807) is 13.8 Å². The maximum Gasteiger partial charge on any atom is 0.175 e. The molecule has 1 N–H and O–H groups in total. The van der Waals surface area contributed by atoms with Crippen LogP contribution >= 0.6 is 11.6 Å². The van der Waals surface area contributed by atoms with Crippen molar-refractivity contribution in [3.63, 3.8) is 0 Å². The lowest BCUT2D eigenvalue weighted by molar-refractivity contribution is 0.0785. The summed E-state index contributed by atoms with van der Waals surface area (Å²) in [5.41, 5.74) is -0.746. The second kappa shape index (κ2) is 3.77. The number of halogens is 1. The van der Waals surface area contributed by atoms with Gasteiger partial charge in [0.05, 0.1) is 10.5 Å². The Morgan fingerprint density at radius 1 is 1.33 bits per heavy atom. The molecule has 84 valence electrons. The van der Waals surface area contributed by atoms with Crippen LogP contribution in [-0.4, -0.2) is 19.8 Å². The van der Waals surface area contributed by atoms with Crippen LogP contribution in [0.3, 0.4) is 0 Å². The van der Waals surface area contributed by atoms with Gasteiger partial charge in [-0.3, -0.25) is 0 Å². The maximum absolute atomic E-state index is 11.3. The maximum atomic E-state index is 11.3. The van der Waals surface area contributed by atoms with Gasteiger partial charge in [-0.2, -0.15) is 0 Å². The van der Waals surface area contributed by atoms with Gasteiger partial charge in [-0.15, -0.1) is 0 Å². The van der Waals surface area contributed by atoms with Crippen molar-refractivity contribution in [2.24, 2.45) is 0 Å². The Bertz CT molecular complexity index is 472. The van der Waals surface area contributed by atoms with Crippen LogP contribution in [0.1, 0.15) is 19.4 Å². The highest BCUT2D eigenvalue weighted by atomic mass is 35.5. The normalized spacial score (nSPS) is 12.9. The van der Waals surface area contributed by atoms with E-state index >= 15 is 0 Å². The summed E-state index contributed by atoms with van der Waals surface area (Å²) in [7, 11) is -3.27. The lowest BCUT2D eigenvalue weighted by Gasteiger charge is -2.19. The molecule has 1 rings (SSSR count). The Kier molecular flexibility index (Phi) is 3.14. The summed E-state index contributed by atoms with van der Waals surface area (Å²) in [4.78, 5) is 0.157. The molecule has 5 heteroatoms. The first kappa shape index (κ1) is 12.5. The van der Waals surface area contributed by atoms with Gasteiger partial charge in [0, 0.05) is 16.8 Å². The summed E-state index contributed by atoms with van der Waals surface area (Å²) in [6.07, 6.45) is 1.12. The molecule has 0 unspecified atom stereocenters. The van der Waals surface area contributed by atoms with Crippen LogP contribution in [0.4, 0.5) is 0 Å². The first-order valence-corrected chi connectivity index (χ1v) is 6.62. The smallest absolute Gasteiger partial charge is 0.175 e. The highest BCUT2D eigenvalue weighted by molar-refractivity contribution is 7.90. The van der Waals surface area contributed by atoms with E-state index in [2.05, 4.69) is 0 Å². The fraction of sp³-hybridized carbons (Fsp3) is 0.400. The fourth-order valence-electron chi connectivity index (χ4n) is 1.20. The minimum absolute atomic E-state index is 0.157. The second-order valence-corrected chi connectivity index (χ2v) is 6.40. The molecule has 0 aromatic heterocycles. The van der Waals surface area contributed by atoms with Crippen LogP contribution in [0.5, 0.6) is 0 Å². The molecule has 15 heavy (non-hydrogen) atoms. The molecular formula is C10H13ClO3S. The third kappa shape index (κ3) is 2.93. The molecule has 0 amide bonds. The monoisotopic (exact) mass is 248 g/mol. The summed E-state index contributed by atoms with van der Waals surface area (Å²) in [6.45, 7) is 3.11. The van der Waals surface area contributed by atoms with Crippen molar-refractivity contribution < 1.29 is 13.5 Å². The molecule has 0 aliphatic heterocycles. The van der Waals surface area contributed by atoms with E-state index in [0.717, 1.165) is 6.26 Å². The van der Waals surface area contributed by atoms with Gasteiger partial charge < -0.3 is 5.11 Å². The summed E-state index contributed by atoms with van der Waals surface area (Å²) < 4.78 is 22.6. The van der Waals surface area contributed by atoms with Gasteiger partial charge >= 0.3 is 0 Å². The number of sulfone groups is 1. The molecule has 0 bridgehead atoms. The Morgan fingerprint density at radius 2 is 1.87 bits per heavy atom. The number of rotatable bonds is 2. The third-order valence-electron chi connectivity index (χ3n) is 2.03. The lowest BCUT2D eigenvalue weighted by atomic mass is 9.99. The van der Waals surface area contributed by atoms with Gasteiger partial charge in [-0.25, -0.2) is 8.42 Å². The molecule has 0 heterocycles. The van der Waals surface area contributed by atoms with Crippen molar-refractivity contribution in [2.75, 3.05) is 6.26 Å². The molecule has 0 saturated carbocycles. The molecule has 0 aliphatic carbocycles. The predicted molar refractivity (Wildman–Crippen MR) is 59.8 cm³/mol. The van der Waals surface area contributed by atoms with E-state index < -0.39 is 15.4 Å². The van der Waals surface area contributed by atoms with Gasteiger partial charge in [0.2, 0.25) is 0 Å². The summed E-state index contributed by atoms with van der Waals surface area (Å²) >= 11 is 5.88. The SMILES string of the molecule is CC(C)(O)c1cc(S(C)(=O)=O)ccc1Cl. The Hall–Kier alpha value is -0.580. The zero-order valence-corrected chi connectivity index (χ0v) is 10.4. The van der Waals surface area contributed by atoms with E-state index in [-0.39, 0.29) is 4.90 Å². The van der Waals surface area contributed by atoms with Crippen molar-refractivity contribution in [3.8, 4) is 0 Å². The van der Waals surface area contributed by atoms with Crippen molar-refractivity contribution in [1.29, 1.82) is 0 Å². The quantitative estimate of drug-likeness (QED) is 0.871. The number of aliphatic hydroxyl groups is 1. The van der Waals surface area contributed by atoms with Crippen molar-refractivity contribution in [2.45, 2.75) is 24.3 Å². The van der Waals surface area contributed by atoms with Crippen LogP contribution in [0.2, 0.25) is 5.02 Å². The number of hydrogen-bond acceptors (Lipinski definition) is 3. The van der Waals surface area contributed by atoms with Gasteiger partial charge in [0.1, 0.15) is 0 Å². The Morgan fingerprint density at radius 3 is 2.27 bits per heavy atom. The van der Waals surface area contributed by atoms with Gasteiger partial charge in [0.25, 0.3) is 0 Å². The van der Waals surface area contributed by atoms with Crippen molar-refractivity contribution >= 4 is 21.4 Å². The number of benzene rings is 1. The first-order valence-electron chi connectivity index (χ1n) is 4.35. The molecule has 1 aromatic carbocycles. The van der Waals surface area contributed by atoms with Crippen LogP contribution in [-0.2, 0) is 15.4 Å². The fourth-order valence-corrected chi connectivity index (χ4v) is 2.20. The zero-order valence-electron chi connectivity index (χ0n) is 8.78. The minimum atomic E-state index is -3.27. The van der Waals surface area contributed by atoms with Gasteiger partial charge in [-0.05, 0) is 32.0 Å². The van der Waals surface area contributed by atoms with E-state index in [0.29, 0.717) is 10.6 Å². The lowest BCUT2D eigenvalue weighted by Crippen LogP contribution is -2.16. The van der Waals surface area contributed by atoms with Crippen LogP contribution < -0.4 is 0 Å². The highest BCUT2D eigenvalue weighted by Crippen LogP contribution is 2.29. The molecule has 1 aromatic rings. The predicted octanol–water partition coefficient (Wildman–Crippen LogP) is 1.97. The topological polar surface area (TPSA) is 54.4 Å². The molecule has 0 atom stereocenters. The summed E-state index contributed by atoms with van der Waals surface area (Å²) in [5, 5.41) is 10.1. The van der Waals surface area contributed by atoms with E-state index in [9.17, 15) is 13.5 Å². The summed E-state index contributed by atoms with van der Waals surface area (Å²) in [5.74, 6) is 0. The molecule has 3 nitrogen and oxygen atoms in total. The Balaban J connectivity index is 3.43. The average Bonchev–Trinajstić information content (AvgIpc) is 2.00. The molecule has 0 saturated heterocycles. The molecule has 0 radical (unpaired) electrons. The second-order valence-electron chi connectivity index (χ2n) is 3.97. The largest absolute Gasteiger partial charge is 0.386 e. The van der Waals surface area contributed by atoms with Crippen molar-refractivity contribution in [1.82, 2.24) is 0 Å². The van der Waals surface area contributed by atoms with Crippen molar-refractivity contribution in [3.05, 3.63) is 28.8 Å². The minimum Gasteiger partial charge on any atom is -0.386 e. The van der Waals surface area contributed by atoms with Gasteiger partial charge in [-0.1, -0.05) is 11.6 Å². The standard InChI is InChI=1S/C10H13ClO3S/c1-10(2,12)8-6-7(15(3,13)14)4-5-9(8)11/h4-6,12H,1-3H3. The highest BCUT2D eigenvalue weighted by Gasteiger charge is 2.21. The summed E-state index contributed by atoms with van der Waals surface area (Å²) in [6, 6.07) is 4.30. The first-order chi connectivity index (χ1) is 6.62. The molecular weight excluding hydrogens is 236 g/mol. The van der Waals surface area contributed by atoms with Gasteiger partial charge in [0.15, 0.2) is 9.84 Å². The van der Waals surface area contributed by atoms with E-state index in [1.165, 1.54) is 18.2 Å². The zero-order chi connectivity index (χ0) is 11.9. The molecule has 0 aliphatic rings.